The molecular weight excluding hydrogens is 356 g/mol. The molecule has 2 saturated heterocycles. The van der Waals surface area contributed by atoms with Crippen molar-refractivity contribution in [3.8, 4) is 5.75 Å². The van der Waals surface area contributed by atoms with Crippen molar-refractivity contribution in [2.75, 3.05) is 70.4 Å². The molecule has 0 aromatic heterocycles. The van der Waals surface area contributed by atoms with Crippen LogP contribution in [0, 0.1) is 5.92 Å². The van der Waals surface area contributed by atoms with E-state index in [0.717, 1.165) is 58.1 Å². The summed E-state index contributed by atoms with van der Waals surface area (Å²) in [6.07, 6.45) is 0.0781. The maximum atomic E-state index is 12.3. The van der Waals surface area contributed by atoms with Crippen molar-refractivity contribution in [2.45, 2.75) is 20.0 Å². The molecule has 7 nitrogen and oxygen atoms in total. The summed E-state index contributed by atoms with van der Waals surface area (Å²) in [5.74, 6) is 1.01. The van der Waals surface area contributed by atoms with Crippen molar-refractivity contribution >= 4 is 11.6 Å². The van der Waals surface area contributed by atoms with Crippen LogP contribution in [0.25, 0.3) is 0 Å². The van der Waals surface area contributed by atoms with Crippen LogP contribution in [-0.4, -0.2) is 92.4 Å². The van der Waals surface area contributed by atoms with Gasteiger partial charge in [-0.3, -0.25) is 14.6 Å². The van der Waals surface area contributed by atoms with E-state index in [1.165, 1.54) is 0 Å². The van der Waals surface area contributed by atoms with Crippen LogP contribution in [0.5, 0.6) is 5.75 Å². The van der Waals surface area contributed by atoms with Gasteiger partial charge in [0.1, 0.15) is 5.75 Å². The first-order valence-electron chi connectivity index (χ1n) is 10.4. The van der Waals surface area contributed by atoms with Gasteiger partial charge in [0.25, 0.3) is 0 Å². The lowest BCUT2D eigenvalue weighted by Gasteiger charge is -2.36. The molecule has 2 heterocycles. The van der Waals surface area contributed by atoms with E-state index in [-0.39, 0.29) is 12.0 Å². The number of carbonyl (C=O) groups excluding carboxylic acids is 1. The summed E-state index contributed by atoms with van der Waals surface area (Å²) in [5, 5.41) is 13.0. The molecule has 3 rings (SSSR count). The molecule has 2 aliphatic rings. The van der Waals surface area contributed by atoms with E-state index in [1.807, 2.05) is 18.2 Å². The number of piperazine rings is 1. The maximum absolute atomic E-state index is 12.3. The third-order valence-corrected chi connectivity index (χ3v) is 5.34. The number of benzene rings is 1. The number of phenols is 1. The zero-order chi connectivity index (χ0) is 19.9. The molecule has 0 aliphatic carbocycles. The molecule has 1 amide bonds. The maximum Gasteiger partial charge on any atom is 0.234 e. The lowest BCUT2D eigenvalue weighted by atomic mass is 10.2. The molecule has 0 saturated carbocycles. The second kappa shape index (κ2) is 10.1. The number of hydrogen-bond donors (Lipinski definition) is 2. The van der Waals surface area contributed by atoms with E-state index in [2.05, 4.69) is 33.9 Å². The predicted octanol–water partition coefficient (Wildman–Crippen LogP) is 0.987. The van der Waals surface area contributed by atoms with E-state index in [0.29, 0.717) is 24.8 Å². The summed E-state index contributed by atoms with van der Waals surface area (Å²) in [6, 6.07) is 7.41. The van der Waals surface area contributed by atoms with Crippen molar-refractivity contribution in [1.29, 1.82) is 0 Å². The molecule has 1 aromatic carbocycles. The molecule has 1 unspecified atom stereocenters. The highest BCUT2D eigenvalue weighted by Crippen LogP contribution is 2.27. The van der Waals surface area contributed by atoms with E-state index in [9.17, 15) is 9.90 Å². The minimum atomic E-state index is 0.0561. The number of carbonyl (C=O) groups is 1. The van der Waals surface area contributed by atoms with Crippen LogP contribution in [0.2, 0.25) is 0 Å². The van der Waals surface area contributed by atoms with Crippen molar-refractivity contribution in [2.24, 2.45) is 5.92 Å². The number of nitrogens with one attached hydrogen (secondary N) is 1. The normalized spacial score (nSPS) is 21.8. The predicted molar refractivity (Wildman–Crippen MR) is 111 cm³/mol. The van der Waals surface area contributed by atoms with E-state index in [4.69, 9.17) is 4.74 Å². The van der Waals surface area contributed by atoms with Gasteiger partial charge in [-0.25, -0.2) is 0 Å². The summed E-state index contributed by atoms with van der Waals surface area (Å²) >= 11 is 0. The minimum Gasteiger partial charge on any atom is -0.506 e. The molecule has 156 valence electrons. The Hall–Kier alpha value is -1.83. The van der Waals surface area contributed by atoms with Crippen LogP contribution >= 0.6 is 0 Å². The number of phenolic OH excluding ortho intramolecular Hbond substituents is 1. The Labute approximate surface area is 168 Å². The summed E-state index contributed by atoms with van der Waals surface area (Å²) in [7, 11) is 0. The van der Waals surface area contributed by atoms with Gasteiger partial charge in [0.15, 0.2) is 0 Å². The SMILES string of the molecule is CC(C)CN1CCOC(CNC(=O)CN2CCN(c3ccccc3O)CC2)C1. The van der Waals surface area contributed by atoms with Gasteiger partial charge < -0.3 is 20.1 Å². The molecule has 2 fully saturated rings. The Morgan fingerprint density at radius 2 is 1.93 bits per heavy atom. The quantitative estimate of drug-likeness (QED) is 0.724. The summed E-state index contributed by atoms with van der Waals surface area (Å²) in [6.45, 7) is 12.4. The number of para-hydroxylation sites is 2. The fourth-order valence-corrected chi connectivity index (χ4v) is 3.95. The van der Waals surface area contributed by atoms with Crippen LogP contribution in [0.4, 0.5) is 5.69 Å². The van der Waals surface area contributed by atoms with E-state index in [1.54, 1.807) is 6.07 Å². The fraction of sp³-hybridized carbons (Fsp3) is 0.667. The van der Waals surface area contributed by atoms with Gasteiger partial charge in [-0.05, 0) is 18.1 Å². The highest BCUT2D eigenvalue weighted by atomic mass is 16.5. The first kappa shape index (κ1) is 20.9. The number of aromatic hydroxyl groups is 1. The van der Waals surface area contributed by atoms with Crippen LogP contribution < -0.4 is 10.2 Å². The van der Waals surface area contributed by atoms with Gasteiger partial charge in [-0.1, -0.05) is 26.0 Å². The molecule has 0 bridgehead atoms. The number of ether oxygens (including phenoxy) is 1. The monoisotopic (exact) mass is 390 g/mol. The van der Waals surface area contributed by atoms with Crippen LogP contribution in [0.15, 0.2) is 24.3 Å². The number of hydrogen-bond acceptors (Lipinski definition) is 6. The zero-order valence-electron chi connectivity index (χ0n) is 17.1. The molecule has 1 aromatic rings. The molecule has 1 atom stereocenters. The largest absolute Gasteiger partial charge is 0.506 e. The number of rotatable bonds is 7. The first-order chi connectivity index (χ1) is 13.5. The average molecular weight is 391 g/mol. The van der Waals surface area contributed by atoms with Crippen LogP contribution in [-0.2, 0) is 9.53 Å². The Bertz CT molecular complexity index is 632. The van der Waals surface area contributed by atoms with Gasteiger partial charge in [0.2, 0.25) is 5.91 Å². The Balaban J connectivity index is 1.36. The van der Waals surface area contributed by atoms with Crippen LogP contribution in [0.1, 0.15) is 13.8 Å². The second-order valence-corrected chi connectivity index (χ2v) is 8.20. The highest BCUT2D eigenvalue weighted by molar-refractivity contribution is 5.78. The Morgan fingerprint density at radius 3 is 2.64 bits per heavy atom. The fourth-order valence-electron chi connectivity index (χ4n) is 3.95. The van der Waals surface area contributed by atoms with Crippen LogP contribution in [0.3, 0.4) is 0 Å². The van der Waals surface area contributed by atoms with Crippen molar-refractivity contribution in [1.82, 2.24) is 15.1 Å². The number of nitrogens with zero attached hydrogens (tertiary/aromatic N) is 3. The second-order valence-electron chi connectivity index (χ2n) is 8.20. The standard InChI is InChI=1S/C21H34N4O3/c1-17(2)14-24-11-12-28-18(15-24)13-22-21(27)16-23-7-9-25(10-8-23)19-5-3-4-6-20(19)26/h3-6,17-18,26H,7-16H2,1-2H3,(H,22,27). The van der Waals surface area contributed by atoms with Gasteiger partial charge in [-0.2, -0.15) is 0 Å². The summed E-state index contributed by atoms with van der Waals surface area (Å²) < 4.78 is 5.80. The highest BCUT2D eigenvalue weighted by Gasteiger charge is 2.23. The molecule has 7 heteroatoms. The van der Waals surface area contributed by atoms with Gasteiger partial charge >= 0.3 is 0 Å². The minimum absolute atomic E-state index is 0.0561. The van der Waals surface area contributed by atoms with Crippen molar-refractivity contribution in [3.05, 3.63) is 24.3 Å². The number of amides is 1. The van der Waals surface area contributed by atoms with E-state index < -0.39 is 0 Å². The zero-order valence-corrected chi connectivity index (χ0v) is 17.1. The van der Waals surface area contributed by atoms with Crippen molar-refractivity contribution in [3.63, 3.8) is 0 Å². The average Bonchev–Trinajstić information content (AvgIpc) is 2.67. The van der Waals surface area contributed by atoms with Gasteiger partial charge in [0.05, 0.1) is 24.9 Å². The molecule has 28 heavy (non-hydrogen) atoms. The summed E-state index contributed by atoms with van der Waals surface area (Å²) in [4.78, 5) is 19.1. The van der Waals surface area contributed by atoms with E-state index >= 15 is 0 Å². The lowest BCUT2D eigenvalue weighted by molar-refractivity contribution is -0.123. The Kier molecular flexibility index (Phi) is 7.53. The Morgan fingerprint density at radius 1 is 1.18 bits per heavy atom. The molecule has 2 aliphatic heterocycles. The van der Waals surface area contributed by atoms with Gasteiger partial charge in [-0.15, -0.1) is 0 Å². The third kappa shape index (κ3) is 6.09. The molecular formula is C21H34N4O3. The lowest BCUT2D eigenvalue weighted by Crippen LogP contribution is -2.52. The third-order valence-electron chi connectivity index (χ3n) is 5.34. The summed E-state index contributed by atoms with van der Waals surface area (Å²) in [5.41, 5.74) is 0.868. The topological polar surface area (TPSA) is 68.3 Å². The molecule has 0 spiro atoms. The number of morpholine rings is 1. The van der Waals surface area contributed by atoms with Crippen molar-refractivity contribution < 1.29 is 14.6 Å². The van der Waals surface area contributed by atoms with Gasteiger partial charge in [0, 0.05) is 52.4 Å². The first-order valence-corrected chi connectivity index (χ1v) is 10.4. The number of anilines is 1. The smallest absolute Gasteiger partial charge is 0.234 e. The molecule has 0 radical (unpaired) electrons. The molecule has 2 N–H and O–H groups in total.